The summed E-state index contributed by atoms with van der Waals surface area (Å²) in [5.74, 6) is -2.90. The Morgan fingerprint density at radius 3 is 2.47 bits per heavy atom. The Morgan fingerprint density at radius 2 is 1.84 bits per heavy atom. The summed E-state index contributed by atoms with van der Waals surface area (Å²) in [6, 6.07) is 4.91. The van der Waals surface area contributed by atoms with Crippen molar-refractivity contribution in [2.24, 2.45) is 4.99 Å². The van der Waals surface area contributed by atoms with Gasteiger partial charge in [0.2, 0.25) is 5.96 Å². The first-order valence-corrected chi connectivity index (χ1v) is 11.9. The Morgan fingerprint density at radius 1 is 1.16 bits per heavy atom. The number of aliphatic imine (C=N–C) groups is 1. The Balaban J connectivity index is 2.02. The highest BCUT2D eigenvalue weighted by Gasteiger charge is 2.40. The minimum Gasteiger partial charge on any atom is -0.490 e. The lowest BCUT2D eigenvalue weighted by molar-refractivity contribution is -0.172. The van der Waals surface area contributed by atoms with Gasteiger partial charge >= 0.3 is 24.1 Å². The normalized spacial score (nSPS) is 14.4. The predicted octanol–water partition coefficient (Wildman–Crippen LogP) is 2.25. The van der Waals surface area contributed by atoms with Crippen LogP contribution in [0, 0.1) is 0 Å². The molecule has 1 aliphatic heterocycles. The van der Waals surface area contributed by atoms with E-state index in [1.54, 1.807) is 45.9 Å². The molecule has 0 saturated heterocycles. The number of nitrogens with one attached hydrogen (secondary N) is 2. The minimum atomic E-state index is -5.10. The fraction of sp³-hybridized carbons (Fsp3) is 0.583. The van der Waals surface area contributed by atoms with Gasteiger partial charge in [0.15, 0.2) is 6.10 Å². The van der Waals surface area contributed by atoms with E-state index in [1.165, 1.54) is 4.90 Å². The zero-order chi connectivity index (χ0) is 28.5. The van der Waals surface area contributed by atoms with E-state index < -0.39 is 35.9 Å². The number of benzene rings is 1. The fourth-order valence-corrected chi connectivity index (χ4v) is 3.25. The average molecular weight is 547 g/mol. The van der Waals surface area contributed by atoms with Gasteiger partial charge in [-0.3, -0.25) is 15.1 Å². The Labute approximate surface area is 218 Å². The van der Waals surface area contributed by atoms with Crippen LogP contribution in [0.2, 0.25) is 0 Å². The van der Waals surface area contributed by atoms with Crippen LogP contribution in [0.25, 0.3) is 0 Å². The Bertz CT molecular complexity index is 1030. The van der Waals surface area contributed by atoms with Gasteiger partial charge in [-0.1, -0.05) is 6.07 Å². The number of rotatable bonds is 9. The molecule has 1 atom stereocenters. The molecule has 1 aromatic rings. The van der Waals surface area contributed by atoms with E-state index in [1.807, 2.05) is 5.32 Å². The smallest absolute Gasteiger partial charge is 0.471 e. The molecule has 1 aromatic carbocycles. The maximum atomic E-state index is 12.9. The number of alkyl halides is 3. The van der Waals surface area contributed by atoms with Gasteiger partial charge in [0.05, 0.1) is 6.61 Å². The molecule has 0 aliphatic carbocycles. The van der Waals surface area contributed by atoms with E-state index in [2.05, 4.69) is 10.3 Å². The van der Waals surface area contributed by atoms with Crippen LogP contribution >= 0.6 is 0 Å². The molecule has 2 amide bonds. The number of aliphatic hydroxyl groups excluding tert-OH is 1. The highest BCUT2D eigenvalue weighted by atomic mass is 19.4. The summed E-state index contributed by atoms with van der Waals surface area (Å²) in [4.78, 5) is 40.5. The highest BCUT2D eigenvalue weighted by molar-refractivity contribution is 5.99. The van der Waals surface area contributed by atoms with Crippen molar-refractivity contribution in [2.75, 3.05) is 26.3 Å². The quantitative estimate of drug-likeness (QED) is 0.186. The fourth-order valence-electron chi connectivity index (χ4n) is 3.25. The summed E-state index contributed by atoms with van der Waals surface area (Å²) in [5.41, 5.74) is 0.797. The number of amides is 2. The lowest BCUT2D eigenvalue weighted by atomic mass is 10.1. The van der Waals surface area contributed by atoms with Crippen molar-refractivity contribution in [1.29, 1.82) is 0 Å². The number of carbonyl (C=O) groups excluding carboxylic acids is 3. The molecule has 0 fully saturated rings. The zero-order valence-corrected chi connectivity index (χ0v) is 21.7. The van der Waals surface area contributed by atoms with Gasteiger partial charge in [-0.05, 0) is 57.4 Å². The van der Waals surface area contributed by atoms with E-state index in [0.29, 0.717) is 11.3 Å². The molecular formula is C24H33F3N4O7. The number of carbonyl (C=O) groups is 3. The summed E-state index contributed by atoms with van der Waals surface area (Å²) in [5, 5.41) is 14.1. The molecule has 0 aromatic heterocycles. The van der Waals surface area contributed by atoms with Crippen LogP contribution in [-0.4, -0.2) is 78.1 Å². The Hall–Kier alpha value is -3.55. The topological polar surface area (TPSA) is 139 Å². The first kappa shape index (κ1) is 30.7. The van der Waals surface area contributed by atoms with Gasteiger partial charge in [0.25, 0.3) is 0 Å². The SMILES string of the molecule is CCOC(=O)[C@H](O)COc1ccc2c(c1)CN(C(=NCCCNC(=O)OC(C)(C)C)NC(=O)C(F)(F)F)C2. The van der Waals surface area contributed by atoms with Crippen molar-refractivity contribution in [3.8, 4) is 5.75 Å². The largest absolute Gasteiger partial charge is 0.490 e. The summed E-state index contributed by atoms with van der Waals surface area (Å²) >= 11 is 0. The second-order valence-corrected chi connectivity index (χ2v) is 9.30. The van der Waals surface area contributed by atoms with Crippen molar-refractivity contribution in [1.82, 2.24) is 15.5 Å². The van der Waals surface area contributed by atoms with Crippen LogP contribution < -0.4 is 15.4 Å². The van der Waals surface area contributed by atoms with Crippen LogP contribution in [0.1, 0.15) is 45.2 Å². The van der Waals surface area contributed by atoms with Crippen LogP contribution in [-0.2, 0) is 32.2 Å². The molecule has 38 heavy (non-hydrogen) atoms. The number of aliphatic hydroxyl groups is 1. The van der Waals surface area contributed by atoms with Crippen LogP contribution in [0.4, 0.5) is 18.0 Å². The summed E-state index contributed by atoms with van der Waals surface area (Å²) in [6.45, 7) is 7.00. The summed E-state index contributed by atoms with van der Waals surface area (Å²) < 4.78 is 54.0. The molecule has 3 N–H and O–H groups in total. The van der Waals surface area contributed by atoms with Crippen LogP contribution in [0.3, 0.4) is 0 Å². The summed E-state index contributed by atoms with van der Waals surface area (Å²) in [6.07, 6.45) is -6.92. The molecule has 0 unspecified atom stereocenters. The van der Waals surface area contributed by atoms with E-state index >= 15 is 0 Å². The lowest BCUT2D eigenvalue weighted by Gasteiger charge is -2.21. The molecule has 11 nitrogen and oxygen atoms in total. The molecule has 0 saturated carbocycles. The molecular weight excluding hydrogens is 513 g/mol. The van der Waals surface area contributed by atoms with Gasteiger partial charge in [0, 0.05) is 26.2 Å². The van der Waals surface area contributed by atoms with Crippen LogP contribution in [0.15, 0.2) is 23.2 Å². The lowest BCUT2D eigenvalue weighted by Crippen LogP contribution is -2.47. The molecule has 212 valence electrons. The molecule has 1 heterocycles. The number of ether oxygens (including phenoxy) is 3. The number of nitrogens with zero attached hydrogens (tertiary/aromatic N) is 2. The molecule has 0 bridgehead atoms. The second-order valence-electron chi connectivity index (χ2n) is 9.30. The summed E-state index contributed by atoms with van der Waals surface area (Å²) in [7, 11) is 0. The maximum Gasteiger partial charge on any atom is 0.471 e. The molecule has 2 rings (SSSR count). The van der Waals surface area contributed by atoms with E-state index in [0.717, 1.165) is 5.56 Å². The van der Waals surface area contributed by atoms with Gasteiger partial charge in [0.1, 0.15) is 18.0 Å². The van der Waals surface area contributed by atoms with Crippen molar-refractivity contribution in [2.45, 2.75) is 65.1 Å². The average Bonchev–Trinajstić information content (AvgIpc) is 3.23. The third kappa shape index (κ3) is 10.1. The molecule has 0 spiro atoms. The van der Waals surface area contributed by atoms with E-state index in [4.69, 9.17) is 14.2 Å². The van der Waals surface area contributed by atoms with Gasteiger partial charge in [-0.15, -0.1) is 0 Å². The van der Waals surface area contributed by atoms with Crippen molar-refractivity contribution in [3.05, 3.63) is 29.3 Å². The Kier molecular flexibility index (Phi) is 10.7. The number of hydrogen-bond donors (Lipinski definition) is 3. The maximum absolute atomic E-state index is 12.9. The van der Waals surface area contributed by atoms with Gasteiger partial charge in [-0.25, -0.2) is 9.59 Å². The number of halogens is 3. The number of fused-ring (bicyclic) bond motifs is 1. The van der Waals surface area contributed by atoms with Gasteiger partial charge in [-0.2, -0.15) is 13.2 Å². The van der Waals surface area contributed by atoms with E-state index in [9.17, 15) is 32.7 Å². The second kappa shape index (κ2) is 13.3. The van der Waals surface area contributed by atoms with E-state index in [-0.39, 0.29) is 51.8 Å². The van der Waals surface area contributed by atoms with Crippen molar-refractivity contribution >= 4 is 23.9 Å². The zero-order valence-electron chi connectivity index (χ0n) is 21.7. The third-order valence-corrected chi connectivity index (χ3v) is 4.91. The first-order valence-electron chi connectivity index (χ1n) is 11.9. The predicted molar refractivity (Wildman–Crippen MR) is 129 cm³/mol. The molecule has 14 heteroatoms. The monoisotopic (exact) mass is 546 g/mol. The standard InChI is InChI=1S/C24H33F3N4O7/c1-5-36-19(33)18(32)14-37-17-8-7-15-12-31(13-16(15)11-17)21(30-20(34)24(25,26)27)28-9-6-10-29-22(35)38-23(2,3)4/h7-8,11,18,32H,5-6,9-10,12-14H2,1-4H3,(H,29,35)(H,28,30,34)/t18-/m1/s1. The molecule has 1 aliphatic rings. The first-order chi connectivity index (χ1) is 17.7. The number of hydrogen-bond acceptors (Lipinski definition) is 8. The van der Waals surface area contributed by atoms with Crippen LogP contribution in [0.5, 0.6) is 5.75 Å². The third-order valence-electron chi connectivity index (χ3n) is 4.91. The number of alkyl carbamates (subject to hydrolysis) is 1. The number of esters is 1. The highest BCUT2D eigenvalue weighted by Crippen LogP contribution is 2.27. The molecule has 0 radical (unpaired) electrons. The van der Waals surface area contributed by atoms with Crippen molar-refractivity contribution in [3.63, 3.8) is 0 Å². The number of guanidine groups is 1. The minimum absolute atomic E-state index is 0.0240. The van der Waals surface area contributed by atoms with Gasteiger partial charge < -0.3 is 29.5 Å². The van der Waals surface area contributed by atoms with Crippen molar-refractivity contribution < 1.29 is 46.9 Å².